The van der Waals surface area contributed by atoms with Crippen molar-refractivity contribution in [3.05, 3.63) is 29.8 Å². The van der Waals surface area contributed by atoms with Gasteiger partial charge in [-0.25, -0.2) is 0 Å². The second kappa shape index (κ2) is 5.84. The van der Waals surface area contributed by atoms with E-state index in [2.05, 4.69) is 5.32 Å². The lowest BCUT2D eigenvalue weighted by Gasteiger charge is -2.34. The van der Waals surface area contributed by atoms with Gasteiger partial charge in [0, 0.05) is 19.3 Å². The Morgan fingerprint density at radius 3 is 3.06 bits per heavy atom. The van der Waals surface area contributed by atoms with Crippen LogP contribution in [0.3, 0.4) is 0 Å². The largest absolute Gasteiger partial charge is 0.394 e. The predicted octanol–water partition coefficient (Wildman–Crippen LogP) is 0.562. The number of anilines is 1. The molecule has 98 valence electrons. The van der Waals surface area contributed by atoms with Crippen LogP contribution in [0.5, 0.6) is 0 Å². The van der Waals surface area contributed by atoms with Gasteiger partial charge in [0.1, 0.15) is 0 Å². The van der Waals surface area contributed by atoms with Crippen molar-refractivity contribution in [2.75, 3.05) is 38.7 Å². The third-order valence-corrected chi connectivity index (χ3v) is 3.13. The van der Waals surface area contributed by atoms with E-state index in [0.29, 0.717) is 25.3 Å². The van der Waals surface area contributed by atoms with E-state index in [-0.39, 0.29) is 18.6 Å². The van der Waals surface area contributed by atoms with Crippen molar-refractivity contribution in [2.45, 2.75) is 6.04 Å². The first-order valence-electron chi connectivity index (χ1n) is 6.04. The van der Waals surface area contributed by atoms with Crippen LogP contribution in [0, 0.1) is 0 Å². The molecule has 2 rings (SSSR count). The van der Waals surface area contributed by atoms with Crippen molar-refractivity contribution < 1.29 is 14.6 Å². The summed E-state index contributed by atoms with van der Waals surface area (Å²) >= 11 is 0. The molecule has 1 aromatic carbocycles. The first-order chi connectivity index (χ1) is 8.77. The topological polar surface area (TPSA) is 61.8 Å². The summed E-state index contributed by atoms with van der Waals surface area (Å²) in [7, 11) is 1.79. The lowest BCUT2D eigenvalue weighted by molar-refractivity contribution is -0.0183. The molecule has 1 atom stereocenters. The van der Waals surface area contributed by atoms with Crippen molar-refractivity contribution >= 4 is 11.6 Å². The highest BCUT2D eigenvalue weighted by Gasteiger charge is 2.28. The van der Waals surface area contributed by atoms with Crippen LogP contribution in [-0.2, 0) is 4.74 Å². The summed E-state index contributed by atoms with van der Waals surface area (Å²) in [5.41, 5.74) is 1.42. The average molecular weight is 250 g/mol. The number of aliphatic hydroxyl groups is 1. The second-order valence-corrected chi connectivity index (χ2v) is 4.21. The number of morpholine rings is 1. The summed E-state index contributed by atoms with van der Waals surface area (Å²) in [6, 6.07) is 7.12. The van der Waals surface area contributed by atoms with Crippen molar-refractivity contribution in [3.63, 3.8) is 0 Å². The van der Waals surface area contributed by atoms with Gasteiger partial charge in [0.05, 0.1) is 31.4 Å². The van der Waals surface area contributed by atoms with Crippen LogP contribution < -0.4 is 5.32 Å². The van der Waals surface area contributed by atoms with Crippen LogP contribution in [-0.4, -0.2) is 55.4 Å². The molecule has 0 spiro atoms. The van der Waals surface area contributed by atoms with E-state index in [1.165, 1.54) is 0 Å². The number of rotatable bonds is 3. The van der Waals surface area contributed by atoms with Crippen LogP contribution in [0.4, 0.5) is 5.69 Å². The highest BCUT2D eigenvalue weighted by atomic mass is 16.5. The van der Waals surface area contributed by atoms with Crippen LogP contribution in [0.15, 0.2) is 24.3 Å². The number of aliphatic hydroxyl groups excluding tert-OH is 1. The molecule has 1 saturated heterocycles. The van der Waals surface area contributed by atoms with E-state index in [9.17, 15) is 9.90 Å². The fraction of sp³-hybridized carbons (Fsp3) is 0.462. The Morgan fingerprint density at radius 1 is 1.56 bits per heavy atom. The Bertz CT molecular complexity index is 422. The van der Waals surface area contributed by atoms with Gasteiger partial charge in [-0.05, 0) is 12.1 Å². The summed E-state index contributed by atoms with van der Waals surface area (Å²) in [6.07, 6.45) is 0. The van der Waals surface area contributed by atoms with Crippen LogP contribution in [0.25, 0.3) is 0 Å². The monoisotopic (exact) mass is 250 g/mol. The van der Waals surface area contributed by atoms with Crippen LogP contribution in [0.2, 0.25) is 0 Å². The van der Waals surface area contributed by atoms with Gasteiger partial charge in [0.25, 0.3) is 5.91 Å². The molecule has 1 fully saturated rings. The van der Waals surface area contributed by atoms with Crippen molar-refractivity contribution in [3.8, 4) is 0 Å². The zero-order chi connectivity index (χ0) is 13.0. The number of ether oxygens (including phenoxy) is 1. The maximum Gasteiger partial charge on any atom is 0.256 e. The van der Waals surface area contributed by atoms with E-state index < -0.39 is 0 Å². The van der Waals surface area contributed by atoms with E-state index >= 15 is 0 Å². The molecule has 1 aromatic rings. The van der Waals surface area contributed by atoms with E-state index in [4.69, 9.17) is 4.74 Å². The number of amides is 1. The Labute approximate surface area is 106 Å². The molecule has 0 saturated carbocycles. The zero-order valence-corrected chi connectivity index (χ0v) is 10.4. The molecule has 0 radical (unpaired) electrons. The summed E-state index contributed by atoms with van der Waals surface area (Å²) in [6.45, 7) is 1.35. The zero-order valence-electron chi connectivity index (χ0n) is 10.4. The van der Waals surface area contributed by atoms with E-state index in [0.717, 1.165) is 5.69 Å². The van der Waals surface area contributed by atoms with Gasteiger partial charge in [-0.2, -0.15) is 0 Å². The molecule has 1 aliphatic rings. The van der Waals surface area contributed by atoms with Gasteiger partial charge < -0.3 is 20.1 Å². The maximum absolute atomic E-state index is 12.5. The number of benzene rings is 1. The van der Waals surface area contributed by atoms with E-state index in [1.807, 2.05) is 18.2 Å². The Morgan fingerprint density at radius 2 is 2.33 bits per heavy atom. The van der Waals surface area contributed by atoms with Gasteiger partial charge in [-0.15, -0.1) is 0 Å². The quantitative estimate of drug-likeness (QED) is 0.823. The highest BCUT2D eigenvalue weighted by Crippen LogP contribution is 2.19. The van der Waals surface area contributed by atoms with Crippen molar-refractivity contribution in [1.29, 1.82) is 0 Å². The SMILES string of the molecule is CNc1ccccc1C(=O)N1CCOCC1CO. The van der Waals surface area contributed by atoms with Gasteiger partial charge >= 0.3 is 0 Å². The number of hydrogen-bond donors (Lipinski definition) is 2. The molecule has 0 aliphatic carbocycles. The molecule has 1 heterocycles. The Hall–Kier alpha value is -1.59. The third kappa shape index (κ3) is 2.47. The number of para-hydroxylation sites is 1. The second-order valence-electron chi connectivity index (χ2n) is 4.21. The molecule has 0 bridgehead atoms. The number of nitrogens with zero attached hydrogens (tertiary/aromatic N) is 1. The molecule has 5 nitrogen and oxygen atoms in total. The van der Waals surface area contributed by atoms with Crippen LogP contribution in [0.1, 0.15) is 10.4 Å². The lowest BCUT2D eigenvalue weighted by Crippen LogP contribution is -2.50. The van der Waals surface area contributed by atoms with E-state index in [1.54, 1.807) is 18.0 Å². The number of carbonyl (C=O) groups is 1. The normalized spacial score (nSPS) is 19.7. The average Bonchev–Trinajstić information content (AvgIpc) is 2.46. The summed E-state index contributed by atoms with van der Waals surface area (Å²) in [4.78, 5) is 14.1. The molecular formula is C13H18N2O3. The number of hydrogen-bond acceptors (Lipinski definition) is 4. The molecule has 1 aliphatic heterocycles. The van der Waals surface area contributed by atoms with Crippen LogP contribution >= 0.6 is 0 Å². The molecule has 1 amide bonds. The molecule has 18 heavy (non-hydrogen) atoms. The molecule has 1 unspecified atom stereocenters. The minimum absolute atomic E-state index is 0.0673. The van der Waals surface area contributed by atoms with Gasteiger partial charge in [0.15, 0.2) is 0 Å². The predicted molar refractivity (Wildman–Crippen MR) is 68.7 cm³/mol. The number of nitrogens with one attached hydrogen (secondary N) is 1. The molecule has 0 aromatic heterocycles. The Kier molecular flexibility index (Phi) is 4.17. The minimum atomic E-state index is -0.254. The molecule has 2 N–H and O–H groups in total. The van der Waals surface area contributed by atoms with Gasteiger partial charge in [0.2, 0.25) is 0 Å². The van der Waals surface area contributed by atoms with Gasteiger partial charge in [-0.1, -0.05) is 12.1 Å². The summed E-state index contributed by atoms with van der Waals surface area (Å²) < 4.78 is 5.28. The fourth-order valence-electron chi connectivity index (χ4n) is 2.12. The highest BCUT2D eigenvalue weighted by molar-refractivity contribution is 5.99. The first kappa shape index (κ1) is 12.9. The summed E-state index contributed by atoms with van der Waals surface area (Å²) in [5.74, 6) is -0.0673. The standard InChI is InChI=1S/C13H18N2O3/c1-14-12-5-3-2-4-11(12)13(17)15-6-7-18-9-10(15)8-16/h2-5,10,14,16H,6-9H2,1H3. The third-order valence-electron chi connectivity index (χ3n) is 3.13. The fourth-order valence-corrected chi connectivity index (χ4v) is 2.12. The molecule has 5 heteroatoms. The number of carbonyl (C=O) groups excluding carboxylic acids is 1. The summed E-state index contributed by atoms with van der Waals surface area (Å²) in [5, 5.41) is 12.3. The minimum Gasteiger partial charge on any atom is -0.394 e. The Balaban J connectivity index is 2.24. The molecular weight excluding hydrogens is 232 g/mol. The smallest absolute Gasteiger partial charge is 0.256 e. The first-order valence-corrected chi connectivity index (χ1v) is 6.04. The van der Waals surface area contributed by atoms with Gasteiger partial charge in [-0.3, -0.25) is 4.79 Å². The van der Waals surface area contributed by atoms with Crippen molar-refractivity contribution in [1.82, 2.24) is 4.90 Å². The van der Waals surface area contributed by atoms with Crippen molar-refractivity contribution in [2.24, 2.45) is 0 Å². The maximum atomic E-state index is 12.5. The lowest BCUT2D eigenvalue weighted by atomic mass is 10.1.